The smallest absolute Gasteiger partial charge is 0.265 e. The molecule has 0 aliphatic carbocycles. The Morgan fingerprint density at radius 1 is 1.08 bits per heavy atom. The second-order valence-electron chi connectivity index (χ2n) is 5.56. The van der Waals surface area contributed by atoms with Crippen molar-refractivity contribution < 1.29 is 18.8 Å². The molecule has 0 radical (unpaired) electrons. The number of hydrogen-bond donors (Lipinski definition) is 1. The van der Waals surface area contributed by atoms with Gasteiger partial charge in [0.15, 0.2) is 0 Å². The van der Waals surface area contributed by atoms with Crippen LogP contribution in [0.2, 0.25) is 0 Å². The Kier molecular flexibility index (Phi) is 4.12. The van der Waals surface area contributed by atoms with E-state index < -0.39 is 30.1 Å². The van der Waals surface area contributed by atoms with Crippen LogP contribution in [0.1, 0.15) is 39.2 Å². The molecule has 3 amide bonds. The Bertz CT molecular complexity index is 820. The lowest BCUT2D eigenvalue weighted by atomic mass is 10.1. The van der Waals surface area contributed by atoms with Crippen LogP contribution in [0.25, 0.3) is 0 Å². The van der Waals surface area contributed by atoms with Gasteiger partial charge in [-0.25, -0.2) is 4.39 Å². The standard InChI is InChI=1S/C18H15FN2O3/c1-11(12-6-3-2-4-7-12)20-15(22)10-21-17(23)13-8-5-9-14(19)16(13)18(21)24/h2-9,11H,10H2,1H3,(H,20,22). The first-order valence-corrected chi connectivity index (χ1v) is 7.48. The Morgan fingerprint density at radius 3 is 2.46 bits per heavy atom. The molecule has 0 spiro atoms. The molecule has 0 aromatic heterocycles. The summed E-state index contributed by atoms with van der Waals surface area (Å²) in [6.07, 6.45) is 0. The minimum atomic E-state index is -0.782. The first kappa shape index (κ1) is 15.9. The van der Waals surface area contributed by atoms with Crippen LogP contribution in [0.5, 0.6) is 0 Å². The average Bonchev–Trinajstić information content (AvgIpc) is 2.81. The molecule has 6 heteroatoms. The molecule has 2 aromatic carbocycles. The highest BCUT2D eigenvalue weighted by atomic mass is 19.1. The third-order valence-corrected chi connectivity index (χ3v) is 3.93. The van der Waals surface area contributed by atoms with Crippen molar-refractivity contribution in [3.63, 3.8) is 0 Å². The van der Waals surface area contributed by atoms with E-state index in [0.717, 1.165) is 16.5 Å². The van der Waals surface area contributed by atoms with E-state index in [4.69, 9.17) is 0 Å². The molecule has 1 heterocycles. The van der Waals surface area contributed by atoms with Gasteiger partial charge in [0.25, 0.3) is 11.8 Å². The van der Waals surface area contributed by atoms with Crippen LogP contribution >= 0.6 is 0 Å². The summed E-state index contributed by atoms with van der Waals surface area (Å²) >= 11 is 0. The fourth-order valence-corrected chi connectivity index (χ4v) is 2.69. The quantitative estimate of drug-likeness (QED) is 0.877. The number of rotatable bonds is 4. The molecule has 0 saturated carbocycles. The van der Waals surface area contributed by atoms with E-state index in [1.165, 1.54) is 12.1 Å². The van der Waals surface area contributed by atoms with Crippen LogP contribution in [0, 0.1) is 5.82 Å². The number of nitrogens with one attached hydrogen (secondary N) is 1. The molecule has 0 bridgehead atoms. The van der Waals surface area contributed by atoms with Gasteiger partial charge in [-0.3, -0.25) is 19.3 Å². The molecule has 0 saturated heterocycles. The maximum Gasteiger partial charge on any atom is 0.265 e. The van der Waals surface area contributed by atoms with E-state index >= 15 is 0 Å². The highest BCUT2D eigenvalue weighted by Crippen LogP contribution is 2.25. The molecule has 5 nitrogen and oxygen atoms in total. The van der Waals surface area contributed by atoms with Crippen LogP contribution in [-0.2, 0) is 4.79 Å². The van der Waals surface area contributed by atoms with Gasteiger partial charge in [-0.1, -0.05) is 36.4 Å². The van der Waals surface area contributed by atoms with Gasteiger partial charge in [-0.05, 0) is 24.6 Å². The zero-order valence-electron chi connectivity index (χ0n) is 13.0. The predicted molar refractivity (Wildman–Crippen MR) is 84.8 cm³/mol. The number of nitrogens with zero attached hydrogens (tertiary/aromatic N) is 1. The van der Waals surface area contributed by atoms with E-state index in [-0.39, 0.29) is 17.2 Å². The highest BCUT2D eigenvalue weighted by molar-refractivity contribution is 6.22. The van der Waals surface area contributed by atoms with Gasteiger partial charge in [0, 0.05) is 0 Å². The fourth-order valence-electron chi connectivity index (χ4n) is 2.69. The number of imide groups is 1. The van der Waals surface area contributed by atoms with Crippen LogP contribution in [-0.4, -0.2) is 29.2 Å². The maximum absolute atomic E-state index is 13.8. The second-order valence-corrected chi connectivity index (χ2v) is 5.56. The number of carbonyl (C=O) groups excluding carboxylic acids is 3. The third-order valence-electron chi connectivity index (χ3n) is 3.93. The number of carbonyl (C=O) groups is 3. The summed E-state index contributed by atoms with van der Waals surface area (Å²) in [6, 6.07) is 12.9. The van der Waals surface area contributed by atoms with Gasteiger partial charge in [0.1, 0.15) is 12.4 Å². The van der Waals surface area contributed by atoms with Crippen molar-refractivity contribution in [1.29, 1.82) is 0 Å². The molecule has 1 unspecified atom stereocenters. The largest absolute Gasteiger partial charge is 0.348 e. The summed E-state index contributed by atoms with van der Waals surface area (Å²) in [5.74, 6) is -2.68. The van der Waals surface area contributed by atoms with Gasteiger partial charge < -0.3 is 5.32 Å². The Balaban J connectivity index is 1.71. The van der Waals surface area contributed by atoms with Crippen molar-refractivity contribution >= 4 is 17.7 Å². The van der Waals surface area contributed by atoms with Crippen molar-refractivity contribution in [2.45, 2.75) is 13.0 Å². The molecule has 1 N–H and O–H groups in total. The molecule has 24 heavy (non-hydrogen) atoms. The number of fused-ring (bicyclic) bond motifs is 1. The van der Waals surface area contributed by atoms with Gasteiger partial charge in [-0.2, -0.15) is 0 Å². The SMILES string of the molecule is CC(NC(=O)CN1C(=O)c2cccc(F)c2C1=O)c1ccccc1. The summed E-state index contributed by atoms with van der Waals surface area (Å²) in [5, 5.41) is 2.73. The van der Waals surface area contributed by atoms with E-state index in [2.05, 4.69) is 5.32 Å². The van der Waals surface area contributed by atoms with Crippen molar-refractivity contribution in [2.75, 3.05) is 6.54 Å². The van der Waals surface area contributed by atoms with Crippen LogP contribution in [0.3, 0.4) is 0 Å². The van der Waals surface area contributed by atoms with Gasteiger partial charge >= 0.3 is 0 Å². The lowest BCUT2D eigenvalue weighted by Gasteiger charge is -2.17. The minimum Gasteiger partial charge on any atom is -0.348 e. The van der Waals surface area contributed by atoms with E-state index in [1.807, 2.05) is 30.3 Å². The van der Waals surface area contributed by atoms with Crippen LogP contribution < -0.4 is 5.32 Å². The van der Waals surface area contributed by atoms with Crippen LogP contribution in [0.4, 0.5) is 4.39 Å². The summed E-state index contributed by atoms with van der Waals surface area (Å²) < 4.78 is 13.8. The second kappa shape index (κ2) is 6.23. The number of amides is 3. The monoisotopic (exact) mass is 326 g/mol. The molecule has 1 aliphatic rings. The van der Waals surface area contributed by atoms with Gasteiger partial charge in [-0.15, -0.1) is 0 Å². The zero-order chi connectivity index (χ0) is 17.3. The van der Waals surface area contributed by atoms with Crippen LogP contribution in [0.15, 0.2) is 48.5 Å². The molecule has 1 atom stereocenters. The zero-order valence-corrected chi connectivity index (χ0v) is 13.0. The van der Waals surface area contributed by atoms with Crippen molar-refractivity contribution in [3.8, 4) is 0 Å². The lowest BCUT2D eigenvalue weighted by Crippen LogP contribution is -2.41. The molecular formula is C18H15FN2O3. The summed E-state index contributed by atoms with van der Waals surface area (Å²) in [6.45, 7) is 1.36. The van der Waals surface area contributed by atoms with Crippen molar-refractivity contribution in [1.82, 2.24) is 10.2 Å². The molecule has 2 aromatic rings. The molecular weight excluding hydrogens is 311 g/mol. The van der Waals surface area contributed by atoms with E-state index in [1.54, 1.807) is 6.92 Å². The Morgan fingerprint density at radius 2 is 1.79 bits per heavy atom. The number of benzene rings is 2. The lowest BCUT2D eigenvalue weighted by molar-refractivity contribution is -0.122. The first-order valence-electron chi connectivity index (χ1n) is 7.48. The van der Waals surface area contributed by atoms with Gasteiger partial charge in [0.2, 0.25) is 5.91 Å². The number of halogens is 1. The van der Waals surface area contributed by atoms with Crippen molar-refractivity contribution in [3.05, 3.63) is 71.0 Å². The summed E-state index contributed by atoms with van der Waals surface area (Å²) in [4.78, 5) is 37.3. The number of hydrogen-bond acceptors (Lipinski definition) is 3. The summed E-state index contributed by atoms with van der Waals surface area (Å²) in [7, 11) is 0. The van der Waals surface area contributed by atoms with Crippen molar-refractivity contribution in [2.24, 2.45) is 0 Å². The Labute approximate surface area is 138 Å². The Hall–Kier alpha value is -3.02. The minimum absolute atomic E-state index is 0.0103. The third kappa shape index (κ3) is 2.78. The molecule has 3 rings (SSSR count). The average molecular weight is 326 g/mol. The molecule has 1 aliphatic heterocycles. The maximum atomic E-state index is 13.8. The fraction of sp³-hybridized carbons (Fsp3) is 0.167. The van der Waals surface area contributed by atoms with E-state index in [0.29, 0.717) is 0 Å². The summed E-state index contributed by atoms with van der Waals surface area (Å²) in [5.41, 5.74) is 0.620. The molecule has 0 fully saturated rings. The topological polar surface area (TPSA) is 66.5 Å². The van der Waals surface area contributed by atoms with E-state index in [9.17, 15) is 18.8 Å². The highest BCUT2D eigenvalue weighted by Gasteiger charge is 2.38. The van der Waals surface area contributed by atoms with Gasteiger partial charge in [0.05, 0.1) is 17.2 Å². The first-order chi connectivity index (χ1) is 11.5. The molecule has 122 valence electrons. The normalized spacial score (nSPS) is 14.5. The predicted octanol–water partition coefficient (Wildman–Crippen LogP) is 2.30.